The van der Waals surface area contributed by atoms with Gasteiger partial charge in [0.1, 0.15) is 5.82 Å². The molecule has 2 aliphatic rings. The van der Waals surface area contributed by atoms with Crippen molar-refractivity contribution in [2.45, 2.75) is 37.8 Å². The van der Waals surface area contributed by atoms with Gasteiger partial charge in [0, 0.05) is 10.5 Å². The molecule has 3 atom stereocenters. The van der Waals surface area contributed by atoms with Crippen LogP contribution in [0.1, 0.15) is 37.5 Å². The third kappa shape index (κ3) is 2.21. The molecule has 0 spiro atoms. The van der Waals surface area contributed by atoms with Crippen molar-refractivity contribution < 1.29 is 0 Å². The molecule has 1 saturated carbocycles. The number of benzene rings is 1. The summed E-state index contributed by atoms with van der Waals surface area (Å²) in [6, 6.07) is 9.48. The largest absolute Gasteiger partial charge is 0.341 e. The molecule has 2 N–H and O–H groups in total. The number of aromatic amines is 1. The van der Waals surface area contributed by atoms with Crippen LogP contribution in [0.15, 0.2) is 34.9 Å². The maximum Gasteiger partial charge on any atom is 0.123 e. The number of nitrogens with zero attached hydrogens (tertiary/aromatic N) is 1. The molecule has 4 rings (SSSR count). The van der Waals surface area contributed by atoms with Crippen molar-refractivity contribution in [2.75, 3.05) is 0 Å². The minimum absolute atomic E-state index is 0.412. The number of aromatic nitrogens is 2. The Labute approximate surface area is 127 Å². The van der Waals surface area contributed by atoms with Gasteiger partial charge in [0.25, 0.3) is 0 Å². The summed E-state index contributed by atoms with van der Waals surface area (Å²) in [5, 5.41) is 3.74. The quantitative estimate of drug-likeness (QED) is 0.871. The van der Waals surface area contributed by atoms with Crippen molar-refractivity contribution in [3.05, 3.63) is 40.8 Å². The molecule has 1 saturated heterocycles. The molecule has 0 radical (unpaired) electrons. The van der Waals surface area contributed by atoms with Crippen LogP contribution in [-0.2, 0) is 0 Å². The average Bonchev–Trinajstić information content (AvgIpc) is 3.14. The molecule has 104 valence electrons. The van der Waals surface area contributed by atoms with Crippen LogP contribution < -0.4 is 5.32 Å². The number of hydrogen-bond donors (Lipinski definition) is 2. The summed E-state index contributed by atoms with van der Waals surface area (Å²) in [5.41, 5.74) is 2.29. The molecule has 2 aromatic rings. The summed E-state index contributed by atoms with van der Waals surface area (Å²) in [7, 11) is 0. The summed E-state index contributed by atoms with van der Waals surface area (Å²) in [6.07, 6.45) is 7.29. The Morgan fingerprint density at radius 3 is 2.80 bits per heavy atom. The smallest absolute Gasteiger partial charge is 0.123 e. The number of fused-ring (bicyclic) bond motifs is 1. The lowest BCUT2D eigenvalue weighted by Gasteiger charge is -2.10. The van der Waals surface area contributed by atoms with Gasteiger partial charge in [-0.25, -0.2) is 4.98 Å². The molecule has 1 unspecified atom stereocenters. The molecule has 2 heterocycles. The van der Waals surface area contributed by atoms with Crippen molar-refractivity contribution >= 4 is 15.9 Å². The number of hydrogen-bond acceptors (Lipinski definition) is 2. The van der Waals surface area contributed by atoms with Crippen LogP contribution in [0.2, 0.25) is 0 Å². The second kappa shape index (κ2) is 5.01. The van der Waals surface area contributed by atoms with Gasteiger partial charge in [-0.05, 0) is 42.9 Å². The summed E-state index contributed by atoms with van der Waals surface area (Å²) in [4.78, 5) is 8.09. The number of halogens is 1. The van der Waals surface area contributed by atoms with E-state index in [1.54, 1.807) is 0 Å². The molecule has 4 heteroatoms. The molecule has 1 aliphatic heterocycles. The zero-order valence-electron chi connectivity index (χ0n) is 11.3. The third-order valence-electron chi connectivity index (χ3n) is 4.69. The van der Waals surface area contributed by atoms with Crippen molar-refractivity contribution in [2.24, 2.45) is 5.92 Å². The number of imidazole rings is 1. The fourth-order valence-corrected chi connectivity index (χ4v) is 3.91. The fourth-order valence-electron chi connectivity index (χ4n) is 3.65. The van der Waals surface area contributed by atoms with Crippen molar-refractivity contribution in [3.8, 4) is 11.3 Å². The minimum Gasteiger partial charge on any atom is -0.341 e. The normalized spacial score (nSPS) is 28.8. The van der Waals surface area contributed by atoms with E-state index in [-0.39, 0.29) is 0 Å². The Bertz CT molecular complexity index is 592. The zero-order valence-corrected chi connectivity index (χ0v) is 12.9. The van der Waals surface area contributed by atoms with Crippen molar-refractivity contribution in [3.63, 3.8) is 0 Å². The molecule has 20 heavy (non-hydrogen) atoms. The molecule has 2 fully saturated rings. The first-order valence-electron chi connectivity index (χ1n) is 7.36. The minimum atomic E-state index is 0.412. The van der Waals surface area contributed by atoms with Crippen molar-refractivity contribution in [1.29, 1.82) is 0 Å². The Kier molecular flexibility index (Phi) is 3.15. The predicted molar refractivity (Wildman–Crippen MR) is 83.3 cm³/mol. The Hall–Kier alpha value is -1.13. The van der Waals surface area contributed by atoms with Crippen LogP contribution in [0, 0.1) is 5.92 Å². The van der Waals surface area contributed by atoms with E-state index < -0.39 is 0 Å². The molecule has 1 aromatic carbocycles. The van der Waals surface area contributed by atoms with Gasteiger partial charge in [-0.1, -0.05) is 34.5 Å². The molecule has 3 nitrogen and oxygen atoms in total. The van der Waals surface area contributed by atoms with Gasteiger partial charge in [-0.3, -0.25) is 0 Å². The van der Waals surface area contributed by atoms with Gasteiger partial charge in [0.05, 0.1) is 17.9 Å². The summed E-state index contributed by atoms with van der Waals surface area (Å²) >= 11 is 3.47. The van der Waals surface area contributed by atoms with Gasteiger partial charge in [-0.15, -0.1) is 0 Å². The topological polar surface area (TPSA) is 40.7 Å². The number of H-pyrrole nitrogens is 1. The molecular weight excluding hydrogens is 314 g/mol. The van der Waals surface area contributed by atoms with Crippen LogP contribution in [-0.4, -0.2) is 16.0 Å². The first kappa shape index (κ1) is 12.6. The van der Waals surface area contributed by atoms with E-state index in [9.17, 15) is 0 Å². The second-order valence-corrected chi connectivity index (χ2v) is 6.86. The van der Waals surface area contributed by atoms with Crippen LogP contribution in [0.3, 0.4) is 0 Å². The average molecular weight is 332 g/mol. The highest BCUT2D eigenvalue weighted by molar-refractivity contribution is 9.10. The molecule has 0 amide bonds. The number of nitrogens with one attached hydrogen (secondary N) is 2. The standard InChI is InChI=1S/C16H18BrN3/c17-12-6-4-10(5-7-12)15-9-18-16(20-15)14-8-11-2-1-3-13(11)19-14/h4-7,9,11,13-14,19H,1-3,8H2,(H,18,20)/t11-,13-,14?/m0/s1. The number of rotatable bonds is 2. The highest BCUT2D eigenvalue weighted by atomic mass is 79.9. The van der Waals surface area contributed by atoms with E-state index in [1.165, 1.54) is 31.2 Å². The predicted octanol–water partition coefficient (Wildman–Crippen LogP) is 4.04. The monoisotopic (exact) mass is 331 g/mol. The summed E-state index contributed by atoms with van der Waals surface area (Å²) < 4.78 is 1.10. The van der Waals surface area contributed by atoms with Gasteiger partial charge in [0.15, 0.2) is 0 Å². The Balaban J connectivity index is 1.55. The van der Waals surface area contributed by atoms with E-state index in [4.69, 9.17) is 0 Å². The first-order valence-corrected chi connectivity index (χ1v) is 8.16. The van der Waals surface area contributed by atoms with Gasteiger partial charge >= 0.3 is 0 Å². The molecule has 1 aliphatic carbocycles. The maximum atomic E-state index is 4.59. The van der Waals surface area contributed by atoms with E-state index in [0.29, 0.717) is 6.04 Å². The summed E-state index contributed by atoms with van der Waals surface area (Å²) in [5.74, 6) is 1.96. The molecule has 0 bridgehead atoms. The van der Waals surface area contributed by atoms with Gasteiger partial charge in [-0.2, -0.15) is 0 Å². The lowest BCUT2D eigenvalue weighted by Crippen LogP contribution is -2.24. The SMILES string of the molecule is Brc1ccc(-c2cnc(C3C[C@@H]4CCC[C@@H]4N3)[nH]2)cc1. The van der Waals surface area contributed by atoms with E-state index in [0.717, 1.165) is 28.0 Å². The molecular formula is C16H18BrN3. The fraction of sp³-hybridized carbons (Fsp3) is 0.438. The van der Waals surface area contributed by atoms with Gasteiger partial charge in [0.2, 0.25) is 0 Å². The first-order chi connectivity index (χ1) is 9.79. The third-order valence-corrected chi connectivity index (χ3v) is 5.22. The van der Waals surface area contributed by atoms with Crippen LogP contribution in [0.5, 0.6) is 0 Å². The van der Waals surface area contributed by atoms with E-state index in [1.807, 2.05) is 6.20 Å². The lowest BCUT2D eigenvalue weighted by atomic mass is 10.0. The highest BCUT2D eigenvalue weighted by Gasteiger charge is 2.38. The maximum absolute atomic E-state index is 4.59. The zero-order chi connectivity index (χ0) is 13.5. The van der Waals surface area contributed by atoms with Crippen LogP contribution in [0.25, 0.3) is 11.3 Å². The van der Waals surface area contributed by atoms with E-state index >= 15 is 0 Å². The Morgan fingerprint density at radius 1 is 1.15 bits per heavy atom. The lowest BCUT2D eigenvalue weighted by molar-refractivity contribution is 0.516. The van der Waals surface area contributed by atoms with Crippen LogP contribution in [0.4, 0.5) is 0 Å². The van der Waals surface area contributed by atoms with Crippen LogP contribution >= 0.6 is 15.9 Å². The molecule has 1 aromatic heterocycles. The second-order valence-electron chi connectivity index (χ2n) is 5.94. The van der Waals surface area contributed by atoms with E-state index in [2.05, 4.69) is 55.5 Å². The van der Waals surface area contributed by atoms with Crippen molar-refractivity contribution in [1.82, 2.24) is 15.3 Å². The highest BCUT2D eigenvalue weighted by Crippen LogP contribution is 2.39. The summed E-state index contributed by atoms with van der Waals surface area (Å²) in [6.45, 7) is 0. The Morgan fingerprint density at radius 2 is 2.00 bits per heavy atom. The van der Waals surface area contributed by atoms with Gasteiger partial charge < -0.3 is 10.3 Å².